The van der Waals surface area contributed by atoms with E-state index in [2.05, 4.69) is 66.4 Å². The van der Waals surface area contributed by atoms with Crippen LogP contribution in [0, 0.1) is 0 Å². The van der Waals surface area contributed by atoms with Crippen LogP contribution < -0.4 is 4.74 Å². The monoisotopic (exact) mass is 389 g/mol. The second kappa shape index (κ2) is 10.1. The summed E-state index contributed by atoms with van der Waals surface area (Å²) in [5.41, 5.74) is 3.80. The van der Waals surface area contributed by atoms with Crippen LogP contribution in [0.5, 0.6) is 11.5 Å². The maximum absolute atomic E-state index is 9.76. The number of nitrogens with zero attached hydrogens (tertiary/aromatic N) is 1. The topological polar surface area (TPSA) is 32.7 Å². The molecule has 0 amide bonds. The van der Waals surface area contributed by atoms with Crippen molar-refractivity contribution in [3.05, 3.63) is 95.6 Å². The lowest BCUT2D eigenvalue weighted by molar-refractivity contribution is 0.261. The number of aromatic hydroxyl groups is 1. The smallest absolute Gasteiger partial charge is 0.119 e. The predicted molar refractivity (Wildman–Crippen MR) is 120 cm³/mol. The van der Waals surface area contributed by atoms with E-state index < -0.39 is 0 Å². The molecule has 0 heterocycles. The minimum Gasteiger partial charge on any atom is -0.508 e. The van der Waals surface area contributed by atoms with Crippen molar-refractivity contribution in [1.29, 1.82) is 0 Å². The first-order chi connectivity index (χ1) is 14.1. The summed E-state index contributed by atoms with van der Waals surface area (Å²) in [6, 6.07) is 26.8. The average Bonchev–Trinajstić information content (AvgIpc) is 2.74. The highest BCUT2D eigenvalue weighted by molar-refractivity contribution is 5.41. The summed E-state index contributed by atoms with van der Waals surface area (Å²) in [6.07, 6.45) is 1.02. The van der Waals surface area contributed by atoms with E-state index in [1.54, 1.807) is 12.1 Å². The molecule has 2 atom stereocenters. The van der Waals surface area contributed by atoms with Crippen molar-refractivity contribution in [2.45, 2.75) is 25.2 Å². The SMILES string of the molecule is CCC(c1ccccc1)C(c1ccc(O)cc1)c1ccc(OCCN(C)C)cc1. The number of likely N-dealkylation sites (N-methyl/N-ethyl adjacent to an activating group) is 1. The molecular formula is C26H31NO2. The average molecular weight is 390 g/mol. The number of benzene rings is 3. The molecule has 0 aliphatic carbocycles. The Morgan fingerprint density at radius 3 is 1.93 bits per heavy atom. The van der Waals surface area contributed by atoms with Gasteiger partial charge in [0.1, 0.15) is 18.1 Å². The third kappa shape index (κ3) is 5.61. The fourth-order valence-corrected chi connectivity index (χ4v) is 3.82. The summed E-state index contributed by atoms with van der Waals surface area (Å²) < 4.78 is 5.87. The van der Waals surface area contributed by atoms with Gasteiger partial charge in [-0.05, 0) is 67.4 Å². The molecule has 152 valence electrons. The molecule has 0 bridgehead atoms. The molecule has 0 aliphatic rings. The standard InChI is InChI=1S/C26H31NO2/c1-4-25(20-8-6-5-7-9-20)26(21-10-14-23(28)15-11-21)22-12-16-24(17-13-22)29-19-18-27(2)3/h5-17,25-26,28H,4,18-19H2,1-3H3. The van der Waals surface area contributed by atoms with Crippen LogP contribution in [-0.2, 0) is 0 Å². The molecule has 1 N–H and O–H groups in total. The van der Waals surface area contributed by atoms with Crippen LogP contribution >= 0.6 is 0 Å². The van der Waals surface area contributed by atoms with Gasteiger partial charge >= 0.3 is 0 Å². The fourth-order valence-electron chi connectivity index (χ4n) is 3.82. The third-order valence-corrected chi connectivity index (χ3v) is 5.37. The Balaban J connectivity index is 1.91. The Hall–Kier alpha value is -2.78. The molecule has 0 radical (unpaired) electrons. The van der Waals surface area contributed by atoms with E-state index in [9.17, 15) is 5.11 Å². The molecule has 29 heavy (non-hydrogen) atoms. The van der Waals surface area contributed by atoms with Crippen LogP contribution in [0.15, 0.2) is 78.9 Å². The number of rotatable bonds is 9. The number of hydrogen-bond donors (Lipinski definition) is 1. The van der Waals surface area contributed by atoms with E-state index in [-0.39, 0.29) is 5.92 Å². The molecule has 2 unspecified atom stereocenters. The van der Waals surface area contributed by atoms with Gasteiger partial charge in [0.2, 0.25) is 0 Å². The number of phenols is 1. The van der Waals surface area contributed by atoms with Crippen molar-refractivity contribution >= 4 is 0 Å². The van der Waals surface area contributed by atoms with Gasteiger partial charge in [0.25, 0.3) is 0 Å². The second-order valence-corrected chi connectivity index (χ2v) is 7.72. The molecule has 0 aromatic heterocycles. The highest BCUT2D eigenvalue weighted by atomic mass is 16.5. The number of phenolic OH excluding ortho intramolecular Hbond substituents is 1. The molecule has 0 saturated heterocycles. The summed E-state index contributed by atoms with van der Waals surface area (Å²) in [4.78, 5) is 2.11. The maximum Gasteiger partial charge on any atom is 0.119 e. The summed E-state index contributed by atoms with van der Waals surface area (Å²) in [6.45, 7) is 3.81. The van der Waals surface area contributed by atoms with Crippen LogP contribution in [0.1, 0.15) is 41.9 Å². The molecule has 0 spiro atoms. The first-order valence-electron chi connectivity index (χ1n) is 10.3. The normalized spacial score (nSPS) is 13.2. The van der Waals surface area contributed by atoms with Gasteiger partial charge in [-0.15, -0.1) is 0 Å². The molecule has 0 saturated carbocycles. The van der Waals surface area contributed by atoms with Crippen molar-refractivity contribution in [2.75, 3.05) is 27.2 Å². The largest absolute Gasteiger partial charge is 0.508 e. The minimum atomic E-state index is 0.207. The summed E-state index contributed by atoms with van der Waals surface area (Å²) in [5, 5.41) is 9.76. The van der Waals surface area contributed by atoms with Crippen LogP contribution in [-0.4, -0.2) is 37.3 Å². The van der Waals surface area contributed by atoms with Crippen molar-refractivity contribution < 1.29 is 9.84 Å². The summed E-state index contributed by atoms with van der Waals surface area (Å²) in [7, 11) is 4.09. The van der Waals surface area contributed by atoms with Crippen LogP contribution in [0.25, 0.3) is 0 Å². The Kier molecular flexibility index (Phi) is 7.31. The number of ether oxygens (including phenoxy) is 1. The van der Waals surface area contributed by atoms with Crippen LogP contribution in [0.4, 0.5) is 0 Å². The predicted octanol–water partition coefficient (Wildman–Crippen LogP) is 5.66. The highest BCUT2D eigenvalue weighted by Crippen LogP contribution is 2.41. The molecule has 3 aromatic carbocycles. The highest BCUT2D eigenvalue weighted by Gasteiger charge is 2.25. The quantitative estimate of drug-likeness (QED) is 0.513. The van der Waals surface area contributed by atoms with E-state index in [0.29, 0.717) is 18.3 Å². The summed E-state index contributed by atoms with van der Waals surface area (Å²) >= 11 is 0. The summed E-state index contributed by atoms with van der Waals surface area (Å²) in [5.74, 6) is 1.75. The minimum absolute atomic E-state index is 0.207. The number of hydrogen-bond acceptors (Lipinski definition) is 3. The van der Waals surface area contributed by atoms with Gasteiger partial charge < -0.3 is 14.7 Å². The van der Waals surface area contributed by atoms with Gasteiger partial charge in [-0.1, -0.05) is 61.5 Å². The lowest BCUT2D eigenvalue weighted by Crippen LogP contribution is -2.19. The molecular weight excluding hydrogens is 358 g/mol. The zero-order valence-electron chi connectivity index (χ0n) is 17.6. The van der Waals surface area contributed by atoms with Gasteiger partial charge in [0.05, 0.1) is 0 Å². The van der Waals surface area contributed by atoms with Gasteiger partial charge in [-0.2, -0.15) is 0 Å². The Morgan fingerprint density at radius 2 is 1.38 bits per heavy atom. The lowest BCUT2D eigenvalue weighted by Gasteiger charge is -2.28. The lowest BCUT2D eigenvalue weighted by atomic mass is 9.76. The van der Waals surface area contributed by atoms with Gasteiger partial charge in [-0.3, -0.25) is 0 Å². The van der Waals surface area contributed by atoms with E-state index in [1.807, 2.05) is 26.2 Å². The molecule has 3 aromatic rings. The van der Waals surface area contributed by atoms with Crippen LogP contribution in [0.2, 0.25) is 0 Å². The fraction of sp³-hybridized carbons (Fsp3) is 0.308. The van der Waals surface area contributed by atoms with E-state index in [0.717, 1.165) is 18.7 Å². The molecule has 0 aliphatic heterocycles. The Morgan fingerprint density at radius 1 is 0.793 bits per heavy atom. The van der Waals surface area contributed by atoms with Gasteiger partial charge in [0, 0.05) is 12.5 Å². The van der Waals surface area contributed by atoms with E-state index >= 15 is 0 Å². The molecule has 3 rings (SSSR count). The van der Waals surface area contributed by atoms with E-state index in [1.165, 1.54) is 16.7 Å². The molecule has 3 nitrogen and oxygen atoms in total. The van der Waals surface area contributed by atoms with Crippen molar-refractivity contribution in [3.8, 4) is 11.5 Å². The van der Waals surface area contributed by atoms with Gasteiger partial charge in [0.15, 0.2) is 0 Å². The van der Waals surface area contributed by atoms with E-state index in [4.69, 9.17) is 4.74 Å². The van der Waals surface area contributed by atoms with Crippen molar-refractivity contribution in [1.82, 2.24) is 4.90 Å². The Bertz CT molecular complexity index is 857. The maximum atomic E-state index is 9.76. The Labute approximate surface area is 174 Å². The molecule has 3 heteroatoms. The third-order valence-electron chi connectivity index (χ3n) is 5.37. The van der Waals surface area contributed by atoms with Crippen LogP contribution in [0.3, 0.4) is 0 Å². The first kappa shape index (κ1) is 20.9. The van der Waals surface area contributed by atoms with Crippen molar-refractivity contribution in [3.63, 3.8) is 0 Å². The second-order valence-electron chi connectivity index (χ2n) is 7.72. The first-order valence-corrected chi connectivity index (χ1v) is 10.3. The zero-order valence-corrected chi connectivity index (χ0v) is 17.6. The van der Waals surface area contributed by atoms with Gasteiger partial charge in [-0.25, -0.2) is 0 Å². The van der Waals surface area contributed by atoms with Crippen molar-refractivity contribution in [2.24, 2.45) is 0 Å². The zero-order chi connectivity index (χ0) is 20.6. The molecule has 0 fully saturated rings.